The minimum absolute atomic E-state index is 0.108. The molecule has 0 aliphatic rings. The molecule has 5 nitrogen and oxygen atoms in total. The zero-order valence-corrected chi connectivity index (χ0v) is 12.4. The Balaban J connectivity index is 2.64. The molecule has 0 saturated carbocycles. The van der Waals surface area contributed by atoms with Crippen LogP contribution in [0.3, 0.4) is 0 Å². The summed E-state index contributed by atoms with van der Waals surface area (Å²) in [6.45, 7) is 1.59. The van der Waals surface area contributed by atoms with Crippen molar-refractivity contribution in [2.45, 2.75) is 19.5 Å². The van der Waals surface area contributed by atoms with Crippen LogP contribution < -0.4 is 0 Å². The molecule has 8 heteroatoms. The fourth-order valence-electron chi connectivity index (χ4n) is 2.30. The molecule has 0 aromatic heterocycles. The van der Waals surface area contributed by atoms with Crippen molar-refractivity contribution in [3.8, 4) is 5.75 Å². The van der Waals surface area contributed by atoms with Crippen LogP contribution in [-0.4, -0.2) is 15.8 Å². The van der Waals surface area contributed by atoms with Crippen LogP contribution in [0.25, 0.3) is 0 Å². The Labute approximate surface area is 134 Å². The van der Waals surface area contributed by atoms with E-state index in [2.05, 4.69) is 0 Å². The van der Waals surface area contributed by atoms with Gasteiger partial charge in [-0.05, 0) is 18.6 Å². The van der Waals surface area contributed by atoms with E-state index in [1.807, 2.05) is 0 Å². The zero-order valence-electron chi connectivity index (χ0n) is 12.4. The molecule has 0 unspecified atom stereocenters. The van der Waals surface area contributed by atoms with Crippen LogP contribution in [0.4, 0.5) is 18.9 Å². The lowest BCUT2D eigenvalue weighted by Crippen LogP contribution is -2.14. The second-order valence-corrected chi connectivity index (χ2v) is 4.99. The first-order chi connectivity index (χ1) is 11.2. The maximum absolute atomic E-state index is 13.0. The number of phenols is 1. The number of aryl methyl sites for hydroxylation is 1. The van der Waals surface area contributed by atoms with Crippen LogP contribution in [0.5, 0.6) is 5.75 Å². The van der Waals surface area contributed by atoms with Crippen LogP contribution in [0.2, 0.25) is 0 Å². The van der Waals surface area contributed by atoms with Crippen LogP contribution in [-0.2, 0) is 12.6 Å². The van der Waals surface area contributed by atoms with Gasteiger partial charge in [-0.1, -0.05) is 25.1 Å². The minimum atomic E-state index is -4.73. The first-order valence-electron chi connectivity index (χ1n) is 6.88. The van der Waals surface area contributed by atoms with E-state index in [1.54, 1.807) is 6.92 Å². The summed E-state index contributed by atoms with van der Waals surface area (Å²) in [6, 6.07) is 6.15. The Morgan fingerprint density at radius 3 is 2.42 bits per heavy atom. The summed E-state index contributed by atoms with van der Waals surface area (Å²) in [4.78, 5) is 22.6. The SMILES string of the molecule is CCc1cc(C(=O)c2ccccc2C(F)(F)F)cc([N+](=O)[O-])c1O. The van der Waals surface area contributed by atoms with Crippen molar-refractivity contribution in [1.29, 1.82) is 0 Å². The molecule has 126 valence electrons. The van der Waals surface area contributed by atoms with Crippen LogP contribution >= 0.6 is 0 Å². The van der Waals surface area contributed by atoms with Gasteiger partial charge >= 0.3 is 11.9 Å². The number of phenolic OH excluding ortho intramolecular Hbond substituents is 1. The van der Waals surface area contributed by atoms with Crippen LogP contribution in [0.1, 0.15) is 34.0 Å². The molecule has 2 aromatic rings. The number of nitrogens with zero attached hydrogens (tertiary/aromatic N) is 1. The van der Waals surface area contributed by atoms with Crippen molar-refractivity contribution in [1.82, 2.24) is 0 Å². The first kappa shape index (κ1) is 17.5. The van der Waals surface area contributed by atoms with Gasteiger partial charge in [0, 0.05) is 22.8 Å². The van der Waals surface area contributed by atoms with E-state index < -0.39 is 39.4 Å². The standard InChI is InChI=1S/C16H12F3NO4/c1-2-9-7-10(8-13(15(9)22)20(23)24)14(21)11-5-3-4-6-12(11)16(17,18)19/h3-8,22H,2H2,1H3. The number of nitro groups is 1. The zero-order chi connectivity index (χ0) is 18.1. The van der Waals surface area contributed by atoms with E-state index >= 15 is 0 Å². The van der Waals surface area contributed by atoms with Crippen LogP contribution in [0.15, 0.2) is 36.4 Å². The van der Waals surface area contributed by atoms with Gasteiger partial charge in [0.05, 0.1) is 10.5 Å². The molecular weight excluding hydrogens is 327 g/mol. The average molecular weight is 339 g/mol. The number of aromatic hydroxyl groups is 1. The second kappa shape index (κ2) is 6.31. The maximum Gasteiger partial charge on any atom is 0.417 e. The van der Waals surface area contributed by atoms with Crippen molar-refractivity contribution in [2.24, 2.45) is 0 Å². The number of nitro benzene ring substituents is 1. The fourth-order valence-corrected chi connectivity index (χ4v) is 2.30. The minimum Gasteiger partial charge on any atom is -0.502 e. The third-order valence-corrected chi connectivity index (χ3v) is 3.49. The third kappa shape index (κ3) is 3.22. The van der Waals surface area contributed by atoms with Gasteiger partial charge in [0.25, 0.3) is 0 Å². The summed E-state index contributed by atoms with van der Waals surface area (Å²) in [6.07, 6.45) is -4.56. The molecule has 0 spiro atoms. The molecule has 0 aliphatic heterocycles. The monoisotopic (exact) mass is 339 g/mol. The number of rotatable bonds is 4. The molecule has 0 radical (unpaired) electrons. The molecule has 0 aliphatic carbocycles. The van der Waals surface area contributed by atoms with E-state index in [-0.39, 0.29) is 17.5 Å². The highest BCUT2D eigenvalue weighted by molar-refractivity contribution is 6.10. The highest BCUT2D eigenvalue weighted by Gasteiger charge is 2.35. The van der Waals surface area contributed by atoms with E-state index in [0.717, 1.165) is 30.3 Å². The van der Waals surface area contributed by atoms with Gasteiger partial charge in [0.15, 0.2) is 11.5 Å². The Kier molecular flexibility index (Phi) is 4.59. The van der Waals surface area contributed by atoms with E-state index in [9.17, 15) is 33.2 Å². The lowest BCUT2D eigenvalue weighted by molar-refractivity contribution is -0.385. The maximum atomic E-state index is 13.0. The smallest absolute Gasteiger partial charge is 0.417 e. The van der Waals surface area contributed by atoms with E-state index in [1.165, 1.54) is 6.07 Å². The van der Waals surface area contributed by atoms with Gasteiger partial charge in [-0.2, -0.15) is 13.2 Å². The van der Waals surface area contributed by atoms with E-state index in [4.69, 9.17) is 0 Å². The Morgan fingerprint density at radius 1 is 1.25 bits per heavy atom. The number of ketones is 1. The number of carbonyl (C=O) groups is 1. The summed E-state index contributed by atoms with van der Waals surface area (Å²) in [5.41, 5.74) is -2.62. The summed E-state index contributed by atoms with van der Waals surface area (Å²) < 4.78 is 39.1. The molecule has 0 amide bonds. The number of halogens is 3. The van der Waals surface area contributed by atoms with Crippen molar-refractivity contribution in [3.05, 3.63) is 68.8 Å². The molecule has 2 rings (SSSR count). The van der Waals surface area contributed by atoms with Crippen LogP contribution in [0, 0.1) is 10.1 Å². The molecule has 0 fully saturated rings. The molecule has 0 atom stereocenters. The summed E-state index contributed by atoms with van der Waals surface area (Å²) >= 11 is 0. The van der Waals surface area contributed by atoms with Crippen molar-refractivity contribution in [3.63, 3.8) is 0 Å². The van der Waals surface area contributed by atoms with Gasteiger partial charge in [-0.25, -0.2) is 0 Å². The molecule has 24 heavy (non-hydrogen) atoms. The highest BCUT2D eigenvalue weighted by atomic mass is 19.4. The van der Waals surface area contributed by atoms with Crippen molar-refractivity contribution >= 4 is 11.5 Å². The molecule has 2 aromatic carbocycles. The number of alkyl halides is 3. The van der Waals surface area contributed by atoms with E-state index in [0.29, 0.717) is 0 Å². The molecule has 0 bridgehead atoms. The lowest BCUT2D eigenvalue weighted by atomic mass is 9.95. The second-order valence-electron chi connectivity index (χ2n) is 4.99. The fraction of sp³-hybridized carbons (Fsp3) is 0.188. The summed E-state index contributed by atoms with van der Waals surface area (Å²) in [5, 5.41) is 20.8. The third-order valence-electron chi connectivity index (χ3n) is 3.49. The summed E-state index contributed by atoms with van der Waals surface area (Å²) in [5.74, 6) is -1.59. The number of benzene rings is 2. The molecule has 1 N–H and O–H groups in total. The van der Waals surface area contributed by atoms with Crippen molar-refractivity contribution in [2.75, 3.05) is 0 Å². The number of carbonyl (C=O) groups excluding carboxylic acids is 1. The van der Waals surface area contributed by atoms with Gasteiger partial charge in [0.2, 0.25) is 0 Å². The quantitative estimate of drug-likeness (QED) is 0.516. The van der Waals surface area contributed by atoms with Crippen molar-refractivity contribution < 1.29 is 28.0 Å². The van der Waals surface area contributed by atoms with Gasteiger partial charge < -0.3 is 5.11 Å². The predicted octanol–water partition coefficient (Wildman–Crippen LogP) is 4.11. The van der Waals surface area contributed by atoms with Gasteiger partial charge in [-0.3, -0.25) is 14.9 Å². The van der Waals surface area contributed by atoms with Gasteiger partial charge in [-0.15, -0.1) is 0 Å². The Hall–Kier alpha value is -2.90. The number of hydrogen-bond donors (Lipinski definition) is 1. The average Bonchev–Trinajstić information content (AvgIpc) is 2.53. The van der Waals surface area contributed by atoms with Gasteiger partial charge in [0.1, 0.15) is 0 Å². The summed E-state index contributed by atoms with van der Waals surface area (Å²) in [7, 11) is 0. The predicted molar refractivity (Wildman–Crippen MR) is 79.0 cm³/mol. The normalized spacial score (nSPS) is 11.3. The molecule has 0 saturated heterocycles. The highest BCUT2D eigenvalue weighted by Crippen LogP contribution is 2.35. The largest absolute Gasteiger partial charge is 0.502 e. The molecule has 0 heterocycles. The first-order valence-corrected chi connectivity index (χ1v) is 6.88. The topological polar surface area (TPSA) is 80.4 Å². The molecular formula is C16H12F3NO4. The Morgan fingerprint density at radius 2 is 1.88 bits per heavy atom. The number of hydrogen-bond acceptors (Lipinski definition) is 4. The lowest BCUT2D eigenvalue weighted by Gasteiger charge is -2.12. The Bertz CT molecular complexity index is 815.